The number of carbonyl (C=O) groups is 3. The van der Waals surface area contributed by atoms with Gasteiger partial charge in [-0.2, -0.15) is 13.2 Å². The number of rotatable bonds is 10. The molecule has 15 heteroatoms. The van der Waals surface area contributed by atoms with Crippen molar-refractivity contribution in [1.29, 1.82) is 0 Å². The lowest BCUT2D eigenvalue weighted by molar-refractivity contribution is -0.385. The molecule has 0 aliphatic carbocycles. The third-order valence-corrected chi connectivity index (χ3v) is 4.74. The number of hydrogen-bond donors (Lipinski definition) is 0. The number of benzene rings is 2. The predicted octanol–water partition coefficient (Wildman–Crippen LogP) is 5.13. The first-order valence-corrected chi connectivity index (χ1v) is 10.7. The van der Waals surface area contributed by atoms with E-state index in [1.165, 1.54) is 6.92 Å². The van der Waals surface area contributed by atoms with Crippen LogP contribution < -0.4 is 4.74 Å². The van der Waals surface area contributed by atoms with Crippen molar-refractivity contribution in [1.82, 2.24) is 0 Å². The highest BCUT2D eigenvalue weighted by Crippen LogP contribution is 2.37. The van der Waals surface area contributed by atoms with Gasteiger partial charge < -0.3 is 18.9 Å². The minimum atomic E-state index is -4.63. The van der Waals surface area contributed by atoms with Gasteiger partial charge in [0.2, 0.25) is 0 Å². The molecule has 2 aromatic carbocycles. The highest BCUT2D eigenvalue weighted by molar-refractivity contribution is 6.32. The topological polar surface area (TPSA) is 131 Å². The second-order valence-corrected chi connectivity index (χ2v) is 7.40. The van der Waals surface area contributed by atoms with Gasteiger partial charge in [0, 0.05) is 12.1 Å². The monoisotopic (exact) mass is 553 g/mol. The van der Waals surface area contributed by atoms with Gasteiger partial charge in [-0.05, 0) is 31.2 Å². The van der Waals surface area contributed by atoms with Crippen LogP contribution in [0.25, 0.3) is 0 Å². The maximum Gasteiger partial charge on any atom is 0.416 e. The van der Waals surface area contributed by atoms with E-state index in [4.69, 9.17) is 37.4 Å². The summed E-state index contributed by atoms with van der Waals surface area (Å²) >= 11 is 11.1. The molecule has 0 bridgehead atoms. The first kappa shape index (κ1) is 28.7. The molecule has 1 atom stereocenters. The standard InChI is InChI=1S/C21H16Cl2F3NO9/c1-11(19(29)35-10-22)18(28)33-6-7-34-20(30)14-9-13(3-4-16(14)27(31)32)36-17-5-2-12(8-15(17)23)21(24,25)26/h2-5,8-9,11H,6-7,10H2,1H3. The van der Waals surface area contributed by atoms with Crippen molar-refractivity contribution in [2.24, 2.45) is 5.92 Å². The Bertz CT molecular complexity index is 1160. The second-order valence-electron chi connectivity index (χ2n) is 6.78. The van der Waals surface area contributed by atoms with Gasteiger partial charge in [-0.3, -0.25) is 19.7 Å². The smallest absolute Gasteiger partial charge is 0.416 e. The Morgan fingerprint density at radius 2 is 1.67 bits per heavy atom. The van der Waals surface area contributed by atoms with Crippen LogP contribution in [0.3, 0.4) is 0 Å². The summed E-state index contributed by atoms with van der Waals surface area (Å²) in [6, 6.07) is 4.81. The third kappa shape index (κ3) is 7.71. The fourth-order valence-electron chi connectivity index (χ4n) is 2.54. The number of nitro benzene ring substituents is 1. The van der Waals surface area contributed by atoms with Crippen molar-refractivity contribution in [3.63, 3.8) is 0 Å². The molecule has 1 unspecified atom stereocenters. The van der Waals surface area contributed by atoms with Crippen LogP contribution in [0.1, 0.15) is 22.8 Å². The first-order valence-electron chi connectivity index (χ1n) is 9.74. The summed E-state index contributed by atoms with van der Waals surface area (Å²) < 4.78 is 57.9. The molecule has 0 fully saturated rings. The van der Waals surface area contributed by atoms with Crippen LogP contribution in [0.2, 0.25) is 5.02 Å². The highest BCUT2D eigenvalue weighted by Gasteiger charge is 2.31. The van der Waals surface area contributed by atoms with Crippen molar-refractivity contribution in [3.05, 3.63) is 62.7 Å². The van der Waals surface area contributed by atoms with Gasteiger partial charge in [0.05, 0.1) is 15.5 Å². The van der Waals surface area contributed by atoms with Gasteiger partial charge in [0.15, 0.2) is 12.0 Å². The molecule has 2 aromatic rings. The zero-order valence-electron chi connectivity index (χ0n) is 18.2. The number of nitrogens with zero attached hydrogens (tertiary/aromatic N) is 1. The largest absolute Gasteiger partial charge is 0.461 e. The van der Waals surface area contributed by atoms with Gasteiger partial charge in [-0.1, -0.05) is 23.2 Å². The van der Waals surface area contributed by atoms with E-state index in [9.17, 15) is 37.7 Å². The lowest BCUT2D eigenvalue weighted by atomic mass is 10.1. The molecule has 2 rings (SSSR count). The SMILES string of the molecule is CC(C(=O)OCCl)C(=O)OCCOC(=O)c1cc(Oc2ccc(C(F)(F)F)cc2Cl)ccc1[N+](=O)[O-]. The fourth-order valence-corrected chi connectivity index (χ4v) is 2.87. The molecule has 0 saturated heterocycles. The van der Waals surface area contributed by atoms with Gasteiger partial charge in [0.1, 0.15) is 30.3 Å². The molecular weight excluding hydrogens is 538 g/mol. The van der Waals surface area contributed by atoms with Crippen LogP contribution in [-0.2, 0) is 30.0 Å². The Hall–Kier alpha value is -3.58. The van der Waals surface area contributed by atoms with Crippen LogP contribution >= 0.6 is 23.2 Å². The molecule has 0 radical (unpaired) electrons. The van der Waals surface area contributed by atoms with Gasteiger partial charge in [-0.25, -0.2) is 4.79 Å². The Kier molecular flexibility index (Phi) is 9.87. The van der Waals surface area contributed by atoms with Crippen molar-refractivity contribution in [3.8, 4) is 11.5 Å². The zero-order chi connectivity index (χ0) is 27.0. The molecule has 194 valence electrons. The van der Waals surface area contributed by atoms with Crippen LogP contribution in [0, 0.1) is 16.0 Å². The van der Waals surface area contributed by atoms with Crippen LogP contribution in [0.4, 0.5) is 18.9 Å². The molecule has 10 nitrogen and oxygen atoms in total. The Morgan fingerprint density at radius 1 is 1.03 bits per heavy atom. The number of esters is 3. The number of nitro groups is 1. The molecule has 0 spiro atoms. The fraction of sp³-hybridized carbons (Fsp3) is 0.286. The summed E-state index contributed by atoms with van der Waals surface area (Å²) in [5.41, 5.74) is -2.22. The maximum absolute atomic E-state index is 12.8. The summed E-state index contributed by atoms with van der Waals surface area (Å²) in [4.78, 5) is 46.0. The van der Waals surface area contributed by atoms with Gasteiger partial charge in [0.25, 0.3) is 5.69 Å². The number of halogens is 5. The van der Waals surface area contributed by atoms with E-state index in [0.29, 0.717) is 6.07 Å². The van der Waals surface area contributed by atoms with E-state index >= 15 is 0 Å². The number of alkyl halides is 4. The van der Waals surface area contributed by atoms with Crippen molar-refractivity contribution < 1.29 is 51.4 Å². The number of hydrogen-bond acceptors (Lipinski definition) is 9. The van der Waals surface area contributed by atoms with Crippen LogP contribution in [-0.4, -0.2) is 42.1 Å². The molecule has 0 aliphatic rings. The predicted molar refractivity (Wildman–Crippen MR) is 117 cm³/mol. The van der Waals surface area contributed by atoms with Crippen molar-refractivity contribution in [2.45, 2.75) is 13.1 Å². The minimum absolute atomic E-state index is 0.160. The van der Waals surface area contributed by atoms with Crippen LogP contribution in [0.5, 0.6) is 11.5 Å². The minimum Gasteiger partial charge on any atom is -0.461 e. The highest BCUT2D eigenvalue weighted by atomic mass is 35.5. The van der Waals surface area contributed by atoms with Crippen molar-refractivity contribution >= 4 is 46.8 Å². The Labute approximate surface area is 210 Å². The molecule has 0 heterocycles. The van der Waals surface area contributed by atoms with E-state index in [1.807, 2.05) is 0 Å². The third-order valence-electron chi connectivity index (χ3n) is 4.34. The lowest BCUT2D eigenvalue weighted by Crippen LogP contribution is -2.26. The van der Waals surface area contributed by atoms with E-state index in [1.54, 1.807) is 0 Å². The maximum atomic E-state index is 12.8. The first-order chi connectivity index (χ1) is 16.8. The van der Waals surface area contributed by atoms with Crippen LogP contribution in [0.15, 0.2) is 36.4 Å². The van der Waals surface area contributed by atoms with E-state index in [-0.39, 0.29) is 11.5 Å². The Morgan fingerprint density at radius 3 is 2.25 bits per heavy atom. The molecule has 0 N–H and O–H groups in total. The molecule has 36 heavy (non-hydrogen) atoms. The summed E-state index contributed by atoms with van der Waals surface area (Å²) in [5.74, 6) is -4.73. The summed E-state index contributed by atoms with van der Waals surface area (Å²) in [5, 5.41) is 10.9. The summed E-state index contributed by atoms with van der Waals surface area (Å²) in [6.07, 6.45) is -4.63. The number of ether oxygens (including phenoxy) is 4. The molecule has 0 amide bonds. The average Bonchev–Trinajstić information content (AvgIpc) is 2.81. The van der Waals surface area contributed by atoms with E-state index in [0.717, 1.165) is 30.3 Å². The summed E-state index contributed by atoms with van der Waals surface area (Å²) in [6.45, 7) is 0.212. The lowest BCUT2D eigenvalue weighted by Gasteiger charge is -2.12. The second kappa shape index (κ2) is 12.4. The average molecular weight is 554 g/mol. The quantitative estimate of drug-likeness (QED) is 0.0746. The number of carbonyl (C=O) groups excluding carboxylic acids is 3. The van der Waals surface area contributed by atoms with Gasteiger partial charge >= 0.3 is 24.1 Å². The van der Waals surface area contributed by atoms with Crippen molar-refractivity contribution in [2.75, 3.05) is 19.3 Å². The molecular formula is C21H16Cl2F3NO9. The molecule has 0 aliphatic heterocycles. The van der Waals surface area contributed by atoms with E-state index in [2.05, 4.69) is 4.74 Å². The molecule has 0 aromatic heterocycles. The zero-order valence-corrected chi connectivity index (χ0v) is 19.7. The van der Waals surface area contributed by atoms with E-state index < -0.39 is 76.0 Å². The molecule has 0 saturated carbocycles. The van der Waals surface area contributed by atoms with Gasteiger partial charge in [-0.15, -0.1) is 0 Å². The normalized spacial score (nSPS) is 11.8. The summed E-state index contributed by atoms with van der Waals surface area (Å²) in [7, 11) is 0. The Balaban J connectivity index is 2.09.